The van der Waals surface area contributed by atoms with Crippen LogP contribution in [0, 0.1) is 17.6 Å². The molecule has 33 heavy (non-hydrogen) atoms. The monoisotopic (exact) mass is 471 g/mol. The number of halogens is 3. The van der Waals surface area contributed by atoms with Crippen LogP contribution in [0.5, 0.6) is 0 Å². The molecular formula is C26H28ClF2N3O. The van der Waals surface area contributed by atoms with E-state index < -0.39 is 0 Å². The molecule has 0 spiro atoms. The summed E-state index contributed by atoms with van der Waals surface area (Å²) in [6.45, 7) is 3.91. The first kappa shape index (κ1) is 23.5. The Kier molecular flexibility index (Phi) is 7.15. The van der Waals surface area contributed by atoms with Gasteiger partial charge in [-0.2, -0.15) is 0 Å². The van der Waals surface area contributed by atoms with Gasteiger partial charge in [0.1, 0.15) is 16.7 Å². The van der Waals surface area contributed by atoms with Crippen LogP contribution in [-0.4, -0.2) is 27.4 Å². The standard InChI is InChI=1S/C26H28ClF2N3O/c1-18(25-24(27)26(33)32(30(25)2)23-12-10-22(29)11-13-23)31-16-14-20(15-17-31)5-3-4-19-6-8-21(28)9-7-19/h3-4,6-13,18,20H,5,14-17H2,1-2H3/b4-3+. The highest BCUT2D eigenvalue weighted by atomic mass is 35.5. The maximum absolute atomic E-state index is 13.3. The number of hydrogen-bond donors (Lipinski definition) is 0. The lowest BCUT2D eigenvalue weighted by Crippen LogP contribution is -2.36. The summed E-state index contributed by atoms with van der Waals surface area (Å²) in [6.07, 6.45) is 7.31. The minimum absolute atomic E-state index is 0.0207. The Morgan fingerprint density at radius 2 is 1.61 bits per heavy atom. The number of nitrogens with zero attached hydrogens (tertiary/aromatic N) is 3. The zero-order valence-corrected chi connectivity index (χ0v) is 19.6. The molecule has 0 radical (unpaired) electrons. The van der Waals surface area contributed by atoms with Crippen molar-refractivity contribution in [1.29, 1.82) is 0 Å². The first-order valence-electron chi connectivity index (χ1n) is 11.2. The van der Waals surface area contributed by atoms with Gasteiger partial charge in [-0.05, 0) is 87.2 Å². The number of benzene rings is 2. The highest BCUT2D eigenvalue weighted by molar-refractivity contribution is 6.31. The van der Waals surface area contributed by atoms with Crippen molar-refractivity contribution in [1.82, 2.24) is 14.3 Å². The van der Waals surface area contributed by atoms with Gasteiger partial charge in [-0.25, -0.2) is 13.5 Å². The molecule has 3 aromatic rings. The van der Waals surface area contributed by atoms with Crippen molar-refractivity contribution < 1.29 is 8.78 Å². The molecule has 0 aliphatic carbocycles. The van der Waals surface area contributed by atoms with Crippen LogP contribution < -0.4 is 5.56 Å². The van der Waals surface area contributed by atoms with Gasteiger partial charge < -0.3 is 0 Å². The van der Waals surface area contributed by atoms with Crippen LogP contribution in [0.25, 0.3) is 11.8 Å². The maximum atomic E-state index is 13.3. The number of likely N-dealkylation sites (tertiary alicyclic amines) is 1. The molecule has 1 saturated heterocycles. The fourth-order valence-electron chi connectivity index (χ4n) is 4.63. The van der Waals surface area contributed by atoms with E-state index in [-0.39, 0.29) is 28.3 Å². The second kappa shape index (κ2) is 10.1. The van der Waals surface area contributed by atoms with Crippen molar-refractivity contribution in [2.24, 2.45) is 13.0 Å². The Hall–Kier alpha value is -2.70. The summed E-state index contributed by atoms with van der Waals surface area (Å²) in [6, 6.07) is 12.3. The van der Waals surface area contributed by atoms with Crippen molar-refractivity contribution in [2.45, 2.75) is 32.2 Å². The second-order valence-electron chi connectivity index (χ2n) is 8.66. The number of allylic oxidation sites excluding steroid dienone is 1. The summed E-state index contributed by atoms with van der Waals surface area (Å²) in [5, 5.41) is 0.207. The molecule has 1 fully saturated rings. The second-order valence-corrected chi connectivity index (χ2v) is 9.04. The van der Waals surface area contributed by atoms with E-state index in [4.69, 9.17) is 11.6 Å². The van der Waals surface area contributed by atoms with Crippen LogP contribution in [0.15, 0.2) is 59.4 Å². The number of rotatable bonds is 6. The van der Waals surface area contributed by atoms with Gasteiger partial charge in [0.25, 0.3) is 5.56 Å². The van der Waals surface area contributed by atoms with Gasteiger partial charge >= 0.3 is 0 Å². The number of aromatic nitrogens is 2. The molecule has 1 aliphatic heterocycles. The Morgan fingerprint density at radius 1 is 1.03 bits per heavy atom. The molecule has 7 heteroatoms. The summed E-state index contributed by atoms with van der Waals surface area (Å²) in [7, 11) is 1.81. The molecule has 4 rings (SSSR count). The lowest BCUT2D eigenvalue weighted by molar-refractivity contribution is 0.137. The SMILES string of the molecule is CC(c1c(Cl)c(=O)n(-c2ccc(F)cc2)n1C)N1CCC(C/C=C/c2ccc(F)cc2)CC1. The lowest BCUT2D eigenvalue weighted by atomic mass is 9.92. The highest BCUT2D eigenvalue weighted by Gasteiger charge is 2.29. The molecule has 0 amide bonds. The third kappa shape index (κ3) is 5.12. The van der Waals surface area contributed by atoms with E-state index in [0.29, 0.717) is 11.6 Å². The third-order valence-corrected chi connectivity index (χ3v) is 6.92. The summed E-state index contributed by atoms with van der Waals surface area (Å²) in [5.41, 5.74) is 2.05. The van der Waals surface area contributed by atoms with Gasteiger partial charge in [-0.3, -0.25) is 14.4 Å². The van der Waals surface area contributed by atoms with Crippen molar-refractivity contribution in [3.05, 3.63) is 92.9 Å². The average molecular weight is 472 g/mol. The van der Waals surface area contributed by atoms with Crippen molar-refractivity contribution in [3.8, 4) is 5.69 Å². The summed E-state index contributed by atoms with van der Waals surface area (Å²) in [4.78, 5) is 15.2. The van der Waals surface area contributed by atoms with Gasteiger partial charge in [-0.1, -0.05) is 35.9 Å². The van der Waals surface area contributed by atoms with Crippen LogP contribution >= 0.6 is 11.6 Å². The van der Waals surface area contributed by atoms with E-state index in [1.807, 2.05) is 13.1 Å². The molecular weight excluding hydrogens is 444 g/mol. The number of piperidine rings is 1. The maximum Gasteiger partial charge on any atom is 0.290 e. The van der Waals surface area contributed by atoms with E-state index in [2.05, 4.69) is 17.9 Å². The number of hydrogen-bond acceptors (Lipinski definition) is 2. The molecule has 2 aromatic carbocycles. The topological polar surface area (TPSA) is 30.2 Å². The largest absolute Gasteiger partial charge is 0.295 e. The molecule has 174 valence electrons. The predicted molar refractivity (Wildman–Crippen MR) is 129 cm³/mol. The average Bonchev–Trinajstić information content (AvgIpc) is 3.04. The fraction of sp³-hybridized carbons (Fsp3) is 0.346. The Labute approximate surface area is 197 Å². The van der Waals surface area contributed by atoms with E-state index in [0.717, 1.165) is 43.6 Å². The molecule has 0 saturated carbocycles. The summed E-state index contributed by atoms with van der Waals surface area (Å²) < 4.78 is 29.6. The lowest BCUT2D eigenvalue weighted by Gasteiger charge is -2.36. The van der Waals surface area contributed by atoms with E-state index in [9.17, 15) is 13.6 Å². The van der Waals surface area contributed by atoms with Gasteiger partial charge in [-0.15, -0.1) is 0 Å². The molecule has 2 heterocycles. The molecule has 1 atom stereocenters. The molecule has 0 N–H and O–H groups in total. The van der Waals surface area contributed by atoms with Crippen LogP contribution in [0.4, 0.5) is 8.78 Å². The Bertz CT molecular complexity index is 1170. The molecule has 1 aromatic heterocycles. The van der Waals surface area contributed by atoms with E-state index >= 15 is 0 Å². The quantitative estimate of drug-likeness (QED) is 0.442. The summed E-state index contributed by atoms with van der Waals surface area (Å²) >= 11 is 6.49. The zero-order chi connectivity index (χ0) is 23.5. The van der Waals surface area contributed by atoms with Gasteiger partial charge in [0.15, 0.2) is 0 Å². The Balaban J connectivity index is 1.41. The zero-order valence-electron chi connectivity index (χ0n) is 18.8. The molecule has 4 nitrogen and oxygen atoms in total. The molecule has 0 bridgehead atoms. The minimum atomic E-state index is -0.351. The normalized spacial score (nSPS) is 16.5. The van der Waals surface area contributed by atoms with Crippen LogP contribution in [0.2, 0.25) is 5.02 Å². The first-order chi connectivity index (χ1) is 15.8. The third-order valence-electron chi connectivity index (χ3n) is 6.57. The van der Waals surface area contributed by atoms with E-state index in [1.54, 1.807) is 28.9 Å². The van der Waals surface area contributed by atoms with Gasteiger partial charge in [0.05, 0.1) is 17.4 Å². The van der Waals surface area contributed by atoms with Gasteiger partial charge in [0, 0.05) is 7.05 Å². The molecule has 1 aliphatic rings. The van der Waals surface area contributed by atoms with Crippen LogP contribution in [-0.2, 0) is 7.05 Å². The minimum Gasteiger partial charge on any atom is -0.295 e. The van der Waals surface area contributed by atoms with Crippen molar-refractivity contribution in [3.63, 3.8) is 0 Å². The predicted octanol–water partition coefficient (Wildman–Crippen LogP) is 5.98. The van der Waals surface area contributed by atoms with E-state index in [1.165, 1.54) is 28.9 Å². The first-order valence-corrected chi connectivity index (χ1v) is 11.6. The smallest absolute Gasteiger partial charge is 0.290 e. The summed E-state index contributed by atoms with van der Waals surface area (Å²) in [5.74, 6) is 0.0172. The highest BCUT2D eigenvalue weighted by Crippen LogP contribution is 2.31. The van der Waals surface area contributed by atoms with Crippen molar-refractivity contribution in [2.75, 3.05) is 13.1 Å². The van der Waals surface area contributed by atoms with Crippen molar-refractivity contribution >= 4 is 17.7 Å². The van der Waals surface area contributed by atoms with Crippen LogP contribution in [0.1, 0.15) is 43.5 Å². The van der Waals surface area contributed by atoms with Crippen LogP contribution in [0.3, 0.4) is 0 Å². The fourth-order valence-corrected chi connectivity index (χ4v) is 4.99. The molecule has 1 unspecified atom stereocenters. The van der Waals surface area contributed by atoms with Gasteiger partial charge in [0.2, 0.25) is 0 Å². The Morgan fingerprint density at radius 3 is 2.21 bits per heavy atom.